The number of carbonyl (C=O) groups is 4. The molecule has 176 valence electrons. The Labute approximate surface area is 193 Å². The Kier molecular flexibility index (Phi) is 6.93. The number of amides is 2. The van der Waals surface area contributed by atoms with Gasteiger partial charge in [0, 0.05) is 25.4 Å². The number of esters is 1. The number of methoxy groups -OCH3 is 1. The van der Waals surface area contributed by atoms with E-state index in [1.165, 1.54) is 25.8 Å². The molecule has 2 amide bonds. The monoisotopic (exact) mass is 477 g/mol. The number of aliphatic carboxylic acids is 1. The predicted molar refractivity (Wildman–Crippen MR) is 118 cm³/mol. The smallest absolute Gasteiger partial charge is 0.352 e. The van der Waals surface area contributed by atoms with E-state index in [1.54, 1.807) is 24.3 Å². The van der Waals surface area contributed by atoms with Gasteiger partial charge in [0.2, 0.25) is 5.91 Å². The molecule has 0 spiro atoms. The van der Waals surface area contributed by atoms with Crippen LogP contribution in [0.1, 0.15) is 12.5 Å². The molecular weight excluding hydrogens is 454 g/mol. The van der Waals surface area contributed by atoms with E-state index in [-0.39, 0.29) is 36.0 Å². The Balaban J connectivity index is 1.75. The molecule has 1 aromatic carbocycles. The number of guanidine groups is 1. The second-order valence-corrected chi connectivity index (χ2v) is 8.31. The molecule has 2 atom stereocenters. The van der Waals surface area contributed by atoms with E-state index in [1.807, 2.05) is 0 Å². The zero-order valence-electron chi connectivity index (χ0n) is 17.9. The molecule has 1 aromatic rings. The number of thioether (sulfide) groups is 1. The van der Waals surface area contributed by atoms with Crippen LogP contribution in [0.25, 0.3) is 0 Å². The van der Waals surface area contributed by atoms with Crippen molar-refractivity contribution in [3.8, 4) is 0 Å². The van der Waals surface area contributed by atoms with Gasteiger partial charge in [-0.25, -0.2) is 9.79 Å². The number of nitrogens with two attached hydrogens (primary N) is 2. The molecule has 2 heterocycles. The van der Waals surface area contributed by atoms with Crippen LogP contribution in [-0.4, -0.2) is 70.3 Å². The lowest BCUT2D eigenvalue weighted by atomic mass is 9.97. The normalized spacial score (nSPS) is 21.6. The maximum absolute atomic E-state index is 13.0. The highest BCUT2D eigenvalue weighted by atomic mass is 32.2. The third kappa shape index (κ3) is 4.78. The third-order valence-electron chi connectivity index (χ3n) is 4.97. The van der Waals surface area contributed by atoms with E-state index in [2.05, 4.69) is 10.3 Å². The number of carboxylic acid groups (broad SMARTS) is 1. The summed E-state index contributed by atoms with van der Waals surface area (Å²) < 4.78 is 10.3. The molecule has 2 aliphatic rings. The molecule has 1 fully saturated rings. The lowest BCUT2D eigenvalue weighted by Crippen LogP contribution is -2.80. The van der Waals surface area contributed by atoms with Crippen molar-refractivity contribution in [2.45, 2.75) is 24.4 Å². The van der Waals surface area contributed by atoms with Gasteiger partial charge in [0.1, 0.15) is 17.7 Å². The van der Waals surface area contributed by atoms with Crippen LogP contribution in [0, 0.1) is 0 Å². The minimum atomic E-state index is -1.71. The number of ether oxygens (including phenoxy) is 2. The molecule has 0 radical (unpaired) electrons. The average Bonchev–Trinajstić information content (AvgIpc) is 2.75. The fourth-order valence-electron chi connectivity index (χ4n) is 3.52. The number of rotatable bonds is 8. The minimum Gasteiger partial charge on any atom is -0.477 e. The van der Waals surface area contributed by atoms with E-state index >= 15 is 0 Å². The van der Waals surface area contributed by atoms with Crippen LogP contribution >= 0.6 is 11.8 Å². The van der Waals surface area contributed by atoms with Crippen LogP contribution in [0.3, 0.4) is 0 Å². The Morgan fingerprint density at radius 3 is 2.52 bits per heavy atom. The second-order valence-electron chi connectivity index (χ2n) is 7.24. The summed E-state index contributed by atoms with van der Waals surface area (Å²) in [5.41, 5.74) is 10.1. The molecule has 0 unspecified atom stereocenters. The van der Waals surface area contributed by atoms with Crippen molar-refractivity contribution in [1.29, 1.82) is 0 Å². The first-order chi connectivity index (χ1) is 15.6. The fourth-order valence-corrected chi connectivity index (χ4v) is 4.94. The summed E-state index contributed by atoms with van der Waals surface area (Å²) in [7, 11) is 1.26. The van der Waals surface area contributed by atoms with Crippen LogP contribution in [0.4, 0.5) is 5.69 Å². The lowest BCUT2D eigenvalue weighted by molar-refractivity contribution is -0.192. The van der Waals surface area contributed by atoms with Gasteiger partial charge in [-0.1, -0.05) is 12.1 Å². The first-order valence-electron chi connectivity index (χ1n) is 9.67. The number of fused-ring (bicyclic) bond motifs is 1. The molecule has 0 saturated carbocycles. The molecule has 33 heavy (non-hydrogen) atoms. The van der Waals surface area contributed by atoms with Gasteiger partial charge in [-0.05, 0) is 17.7 Å². The van der Waals surface area contributed by atoms with E-state index in [9.17, 15) is 24.3 Å². The molecule has 1 saturated heterocycles. The Morgan fingerprint density at radius 1 is 1.30 bits per heavy atom. The van der Waals surface area contributed by atoms with E-state index in [0.717, 1.165) is 4.90 Å². The summed E-state index contributed by atoms with van der Waals surface area (Å²) in [6, 6.07) is 6.60. The predicted octanol–water partition coefficient (Wildman–Crippen LogP) is -0.590. The molecule has 2 aliphatic heterocycles. The van der Waals surface area contributed by atoms with Gasteiger partial charge in [0.15, 0.2) is 5.96 Å². The van der Waals surface area contributed by atoms with Crippen molar-refractivity contribution in [2.75, 3.05) is 19.5 Å². The number of hydrogen-bond donors (Lipinski definition) is 4. The zero-order valence-corrected chi connectivity index (χ0v) is 18.7. The standard InChI is InChI=1S/C20H23N5O7S/c1-10(26)32-8-12-9-33-18-20(31-2,17(30)25(18)15(12)16(28)29)24-14(27)7-11-3-5-13(6-4-11)23-19(21)22/h3-6,18H,7-9H2,1-2H3,(H,24,27)(H,28,29)(H4,21,22,23)/t18-,20+/m1/s1. The largest absolute Gasteiger partial charge is 0.477 e. The third-order valence-corrected chi connectivity index (χ3v) is 6.34. The van der Waals surface area contributed by atoms with Crippen LogP contribution in [0.2, 0.25) is 0 Å². The maximum Gasteiger partial charge on any atom is 0.352 e. The van der Waals surface area contributed by atoms with Gasteiger partial charge < -0.3 is 31.4 Å². The molecule has 3 rings (SSSR count). The van der Waals surface area contributed by atoms with Gasteiger partial charge >= 0.3 is 11.9 Å². The molecule has 0 aromatic heterocycles. The Morgan fingerprint density at radius 2 is 1.97 bits per heavy atom. The number of benzene rings is 1. The van der Waals surface area contributed by atoms with Gasteiger partial charge in [0.25, 0.3) is 11.6 Å². The summed E-state index contributed by atoms with van der Waals surface area (Å²) in [4.78, 5) is 53.6. The molecular formula is C20H23N5O7S. The summed E-state index contributed by atoms with van der Waals surface area (Å²) in [5, 5.41) is 11.5. The van der Waals surface area contributed by atoms with Crippen molar-refractivity contribution >= 4 is 47.2 Å². The number of nitrogens with zero attached hydrogens (tertiary/aromatic N) is 2. The number of aliphatic imine (C=N–C) groups is 1. The molecule has 0 aliphatic carbocycles. The Hall–Kier alpha value is -3.58. The zero-order chi connectivity index (χ0) is 24.3. The van der Waals surface area contributed by atoms with Crippen molar-refractivity contribution in [3.63, 3.8) is 0 Å². The molecule has 12 nitrogen and oxygen atoms in total. The highest BCUT2D eigenvalue weighted by molar-refractivity contribution is 8.00. The quantitative estimate of drug-likeness (QED) is 0.124. The maximum atomic E-state index is 13.0. The Bertz CT molecular complexity index is 1050. The van der Waals surface area contributed by atoms with E-state index in [4.69, 9.17) is 20.9 Å². The highest BCUT2D eigenvalue weighted by Crippen LogP contribution is 2.46. The minimum absolute atomic E-state index is 0.0583. The summed E-state index contributed by atoms with van der Waals surface area (Å²) in [6.45, 7) is 0.955. The average molecular weight is 477 g/mol. The lowest BCUT2D eigenvalue weighted by Gasteiger charge is -2.55. The number of hydrogen-bond acceptors (Lipinski definition) is 8. The van der Waals surface area contributed by atoms with Crippen molar-refractivity contribution in [3.05, 3.63) is 41.1 Å². The van der Waals surface area contributed by atoms with E-state index in [0.29, 0.717) is 11.3 Å². The number of carbonyl (C=O) groups excluding carboxylic acids is 3. The number of nitrogens with one attached hydrogen (secondary N) is 1. The summed E-state index contributed by atoms with van der Waals surface area (Å²) >= 11 is 1.20. The van der Waals surface area contributed by atoms with Gasteiger partial charge in [-0.15, -0.1) is 11.8 Å². The first kappa shape index (κ1) is 24.1. The fraction of sp³-hybridized carbons (Fsp3) is 0.350. The second kappa shape index (κ2) is 9.50. The van der Waals surface area contributed by atoms with Crippen LogP contribution in [-0.2, 0) is 35.1 Å². The number of β-lactam (4-membered cyclic amide) rings is 1. The molecule has 0 bridgehead atoms. The van der Waals surface area contributed by atoms with Crippen LogP contribution in [0.15, 0.2) is 40.5 Å². The summed E-state index contributed by atoms with van der Waals surface area (Å²) in [6.07, 6.45) is -0.0583. The van der Waals surface area contributed by atoms with Crippen molar-refractivity contribution in [1.82, 2.24) is 10.2 Å². The summed E-state index contributed by atoms with van der Waals surface area (Å²) in [5.74, 6) is -3.04. The van der Waals surface area contributed by atoms with Gasteiger partial charge in [-0.2, -0.15) is 0 Å². The van der Waals surface area contributed by atoms with Crippen molar-refractivity contribution < 1.29 is 33.8 Å². The number of carboxylic acids is 1. The van der Waals surface area contributed by atoms with E-state index < -0.39 is 34.9 Å². The van der Waals surface area contributed by atoms with Crippen LogP contribution in [0.5, 0.6) is 0 Å². The van der Waals surface area contributed by atoms with Crippen molar-refractivity contribution in [2.24, 2.45) is 16.5 Å². The van der Waals surface area contributed by atoms with Gasteiger partial charge in [0.05, 0.1) is 12.1 Å². The molecule has 6 N–H and O–H groups in total. The topological polar surface area (TPSA) is 187 Å². The molecule has 13 heteroatoms. The first-order valence-corrected chi connectivity index (χ1v) is 10.7. The SMILES string of the molecule is CO[C@@]1(NC(=O)Cc2ccc(N=C(N)N)cc2)C(=O)N2C(C(=O)O)=C(COC(C)=O)CS[C@@H]21. The van der Waals surface area contributed by atoms with Crippen LogP contribution < -0.4 is 16.8 Å². The van der Waals surface area contributed by atoms with Gasteiger partial charge in [-0.3, -0.25) is 19.3 Å². The highest BCUT2D eigenvalue weighted by Gasteiger charge is 2.66.